The van der Waals surface area contributed by atoms with E-state index < -0.39 is 5.97 Å². The summed E-state index contributed by atoms with van der Waals surface area (Å²) < 4.78 is 0. The van der Waals surface area contributed by atoms with E-state index in [1.807, 2.05) is 24.3 Å². The lowest BCUT2D eigenvalue weighted by Crippen LogP contribution is -2.18. The summed E-state index contributed by atoms with van der Waals surface area (Å²) in [5.41, 5.74) is -0.0330. The smallest absolute Gasteiger partial charge is 0.330 e. The molecule has 0 spiro atoms. The monoisotopic (exact) mass is 190 g/mol. The van der Waals surface area contributed by atoms with Crippen LogP contribution in [0.5, 0.6) is 0 Å². The summed E-state index contributed by atoms with van der Waals surface area (Å²) in [6, 6.07) is 0. The highest BCUT2D eigenvalue weighted by Crippen LogP contribution is 2.35. The largest absolute Gasteiger partial charge is 0.478 e. The zero-order valence-corrected chi connectivity index (χ0v) is 8.07. The lowest BCUT2D eigenvalue weighted by atomic mass is 9.77. The molecule has 14 heavy (non-hydrogen) atoms. The molecule has 0 heterocycles. The predicted octanol–water partition coefficient (Wildman–Crippen LogP) is 2.71. The minimum Gasteiger partial charge on any atom is -0.478 e. The van der Waals surface area contributed by atoms with Crippen molar-refractivity contribution in [2.75, 3.05) is 0 Å². The average molecular weight is 190 g/mol. The molecule has 0 aromatic rings. The van der Waals surface area contributed by atoms with Crippen LogP contribution in [-0.2, 0) is 4.79 Å². The first-order chi connectivity index (χ1) is 6.59. The Kier molecular flexibility index (Phi) is 3.07. The number of carboxylic acid groups (broad SMARTS) is 1. The maximum Gasteiger partial charge on any atom is 0.330 e. The lowest BCUT2D eigenvalue weighted by molar-refractivity contribution is -0.132. The quantitative estimate of drug-likeness (QED) is 0.546. The molecule has 1 rings (SSSR count). The van der Waals surface area contributed by atoms with E-state index in [0.29, 0.717) is 6.42 Å². The predicted molar refractivity (Wildman–Crippen MR) is 56.9 cm³/mol. The maximum atomic E-state index is 10.7. The van der Waals surface area contributed by atoms with Gasteiger partial charge in [-0.25, -0.2) is 4.79 Å². The van der Waals surface area contributed by atoms with Gasteiger partial charge >= 0.3 is 5.97 Å². The third-order valence-corrected chi connectivity index (χ3v) is 2.42. The van der Waals surface area contributed by atoms with Crippen molar-refractivity contribution < 1.29 is 9.90 Å². The molecule has 1 aliphatic rings. The molecule has 1 N–H and O–H groups in total. The van der Waals surface area contributed by atoms with E-state index in [9.17, 15) is 4.79 Å². The van der Waals surface area contributed by atoms with E-state index in [1.54, 1.807) is 6.08 Å². The Balaban J connectivity index is 2.77. The van der Waals surface area contributed by atoms with Crippen LogP contribution in [0.1, 0.15) is 12.8 Å². The van der Waals surface area contributed by atoms with Gasteiger partial charge in [0.05, 0.1) is 0 Å². The van der Waals surface area contributed by atoms with Gasteiger partial charge in [0.1, 0.15) is 0 Å². The number of allylic oxidation sites excluding steroid dienone is 5. The van der Waals surface area contributed by atoms with E-state index in [0.717, 1.165) is 6.42 Å². The van der Waals surface area contributed by atoms with Crippen LogP contribution in [0.4, 0.5) is 0 Å². The lowest BCUT2D eigenvalue weighted by Gasteiger charge is -2.27. The zero-order chi connectivity index (χ0) is 10.6. The number of aliphatic carboxylic acids is 1. The molecule has 2 nitrogen and oxygen atoms in total. The molecule has 1 atom stereocenters. The number of rotatable bonds is 4. The second-order valence-electron chi connectivity index (χ2n) is 3.51. The first kappa shape index (κ1) is 10.5. The second kappa shape index (κ2) is 4.09. The van der Waals surface area contributed by atoms with E-state index in [-0.39, 0.29) is 11.0 Å². The van der Waals surface area contributed by atoms with Gasteiger partial charge in [0.2, 0.25) is 0 Å². The van der Waals surface area contributed by atoms with Gasteiger partial charge in [-0.1, -0.05) is 37.0 Å². The molecule has 0 fully saturated rings. The Labute approximate surface area is 83.9 Å². The summed E-state index contributed by atoms with van der Waals surface area (Å²) in [7, 11) is 0. The molecule has 1 aliphatic carbocycles. The molecule has 0 amide bonds. The second-order valence-corrected chi connectivity index (χ2v) is 3.51. The molecule has 0 aromatic heterocycles. The summed E-state index contributed by atoms with van der Waals surface area (Å²) in [5, 5.41) is 8.75. The maximum absolute atomic E-state index is 10.7. The standard InChI is InChI=1S/C12H14O2/c1-3-12(7-5-4-6-8-12)9-10(2)11(13)14/h3-7H,1-2,8-9H2,(H,13,14). The topological polar surface area (TPSA) is 37.3 Å². The first-order valence-electron chi connectivity index (χ1n) is 4.49. The Morgan fingerprint density at radius 1 is 1.57 bits per heavy atom. The number of hydrogen-bond acceptors (Lipinski definition) is 1. The van der Waals surface area contributed by atoms with Crippen LogP contribution < -0.4 is 0 Å². The number of carbonyl (C=O) groups is 1. The van der Waals surface area contributed by atoms with Crippen molar-refractivity contribution in [2.24, 2.45) is 5.41 Å². The van der Waals surface area contributed by atoms with Crippen molar-refractivity contribution in [3.05, 3.63) is 49.1 Å². The van der Waals surface area contributed by atoms with Crippen molar-refractivity contribution >= 4 is 5.97 Å². The molecule has 0 bridgehead atoms. The third-order valence-electron chi connectivity index (χ3n) is 2.42. The van der Waals surface area contributed by atoms with E-state index in [1.165, 1.54) is 0 Å². The summed E-state index contributed by atoms with van der Waals surface area (Å²) >= 11 is 0. The first-order valence-corrected chi connectivity index (χ1v) is 4.49. The number of carboxylic acids is 1. The van der Waals surface area contributed by atoms with Crippen LogP contribution in [-0.4, -0.2) is 11.1 Å². The molecule has 0 radical (unpaired) electrons. The van der Waals surface area contributed by atoms with Crippen molar-refractivity contribution in [1.82, 2.24) is 0 Å². The summed E-state index contributed by atoms with van der Waals surface area (Å²) in [6.07, 6.45) is 10.9. The van der Waals surface area contributed by atoms with Gasteiger partial charge in [0, 0.05) is 11.0 Å². The fourth-order valence-electron chi connectivity index (χ4n) is 1.51. The zero-order valence-electron chi connectivity index (χ0n) is 8.07. The highest BCUT2D eigenvalue weighted by Gasteiger charge is 2.25. The van der Waals surface area contributed by atoms with Gasteiger partial charge in [0.25, 0.3) is 0 Å². The Bertz CT molecular complexity index is 323. The van der Waals surface area contributed by atoms with E-state index in [4.69, 9.17) is 5.11 Å². The highest BCUT2D eigenvalue weighted by molar-refractivity contribution is 5.86. The molecular weight excluding hydrogens is 176 g/mol. The Hall–Kier alpha value is -1.57. The summed E-state index contributed by atoms with van der Waals surface area (Å²) in [5.74, 6) is -0.936. The normalized spacial score (nSPS) is 24.6. The van der Waals surface area contributed by atoms with Gasteiger partial charge in [0.15, 0.2) is 0 Å². The van der Waals surface area contributed by atoms with Gasteiger partial charge in [-0.3, -0.25) is 0 Å². The summed E-state index contributed by atoms with van der Waals surface area (Å²) in [6.45, 7) is 7.29. The van der Waals surface area contributed by atoms with Crippen molar-refractivity contribution in [3.63, 3.8) is 0 Å². The average Bonchev–Trinajstić information content (AvgIpc) is 2.19. The highest BCUT2D eigenvalue weighted by atomic mass is 16.4. The number of hydrogen-bond donors (Lipinski definition) is 1. The van der Waals surface area contributed by atoms with Crippen LogP contribution in [0, 0.1) is 5.41 Å². The molecule has 1 unspecified atom stereocenters. The van der Waals surface area contributed by atoms with E-state index >= 15 is 0 Å². The van der Waals surface area contributed by atoms with Crippen LogP contribution >= 0.6 is 0 Å². The minimum atomic E-state index is -0.936. The van der Waals surface area contributed by atoms with Gasteiger partial charge in [-0.05, 0) is 12.8 Å². The van der Waals surface area contributed by atoms with Crippen molar-refractivity contribution in [3.8, 4) is 0 Å². The molecule has 0 saturated heterocycles. The van der Waals surface area contributed by atoms with Gasteiger partial charge in [-0.15, -0.1) is 6.58 Å². The van der Waals surface area contributed by atoms with Crippen LogP contribution in [0.2, 0.25) is 0 Å². The molecule has 0 saturated carbocycles. The minimum absolute atomic E-state index is 0.227. The SMILES string of the molecule is C=CC1(CC(=C)C(=O)O)C=CC=CC1. The van der Waals surface area contributed by atoms with Crippen molar-refractivity contribution in [2.45, 2.75) is 12.8 Å². The third kappa shape index (κ3) is 2.22. The van der Waals surface area contributed by atoms with E-state index in [2.05, 4.69) is 13.2 Å². The van der Waals surface area contributed by atoms with Crippen LogP contribution in [0.15, 0.2) is 49.1 Å². The Morgan fingerprint density at radius 3 is 2.71 bits per heavy atom. The molecule has 2 heteroatoms. The van der Waals surface area contributed by atoms with Crippen LogP contribution in [0.25, 0.3) is 0 Å². The molecule has 74 valence electrons. The van der Waals surface area contributed by atoms with Gasteiger partial charge < -0.3 is 5.11 Å². The Morgan fingerprint density at radius 2 is 2.29 bits per heavy atom. The van der Waals surface area contributed by atoms with Gasteiger partial charge in [-0.2, -0.15) is 0 Å². The fourth-order valence-corrected chi connectivity index (χ4v) is 1.51. The van der Waals surface area contributed by atoms with Crippen LogP contribution in [0.3, 0.4) is 0 Å². The summed E-state index contributed by atoms with van der Waals surface area (Å²) in [4.78, 5) is 10.7. The molecule has 0 aliphatic heterocycles. The molecule has 0 aromatic carbocycles. The fraction of sp³-hybridized carbons (Fsp3) is 0.250. The molecular formula is C12H14O2. The van der Waals surface area contributed by atoms with Crippen molar-refractivity contribution in [1.29, 1.82) is 0 Å².